The summed E-state index contributed by atoms with van der Waals surface area (Å²) in [5, 5.41) is 24.3. The fourth-order valence-electron chi connectivity index (χ4n) is 3.41. The second-order valence-corrected chi connectivity index (χ2v) is 6.74. The Morgan fingerprint density at radius 1 is 1.10 bits per heavy atom. The summed E-state index contributed by atoms with van der Waals surface area (Å²) in [6.45, 7) is 1.06. The van der Waals surface area contributed by atoms with Crippen molar-refractivity contribution in [3.05, 3.63) is 77.4 Å². The van der Waals surface area contributed by atoms with Gasteiger partial charge >= 0.3 is 7.12 Å². The molecule has 0 radical (unpaired) electrons. The van der Waals surface area contributed by atoms with Crippen molar-refractivity contribution in [2.75, 3.05) is 6.54 Å². The predicted molar refractivity (Wildman–Crippen MR) is 104 cm³/mol. The summed E-state index contributed by atoms with van der Waals surface area (Å²) in [4.78, 5) is 14.3. The van der Waals surface area contributed by atoms with Gasteiger partial charge < -0.3 is 19.7 Å². The Labute approximate surface area is 167 Å². The molecule has 0 saturated carbocycles. The van der Waals surface area contributed by atoms with Crippen LogP contribution in [0.15, 0.2) is 54.6 Å². The number of fused-ring (bicyclic) bond motifs is 1. The fourth-order valence-corrected chi connectivity index (χ4v) is 3.41. The van der Waals surface area contributed by atoms with Crippen LogP contribution in [-0.2, 0) is 19.7 Å². The van der Waals surface area contributed by atoms with Gasteiger partial charge in [-0.25, -0.2) is 4.39 Å². The highest BCUT2D eigenvalue weighted by Crippen LogP contribution is 2.17. The molecule has 1 aliphatic heterocycles. The number of para-hydroxylation sites is 1. The second-order valence-electron chi connectivity index (χ2n) is 6.74. The Morgan fingerprint density at radius 2 is 1.83 bits per heavy atom. The first-order valence-corrected chi connectivity index (χ1v) is 9.20. The van der Waals surface area contributed by atoms with Crippen LogP contribution in [0.5, 0.6) is 5.75 Å². The number of carbonyl (C=O) groups is 1. The zero-order chi connectivity index (χ0) is 20.4. The molecular formula is C20H19BFN3O4. The lowest BCUT2D eigenvalue weighted by molar-refractivity contribution is 0.0706. The summed E-state index contributed by atoms with van der Waals surface area (Å²) in [6, 6.07) is 14.5. The van der Waals surface area contributed by atoms with Gasteiger partial charge in [0.25, 0.3) is 5.91 Å². The van der Waals surface area contributed by atoms with Crippen LogP contribution < -0.4 is 10.2 Å². The van der Waals surface area contributed by atoms with Crippen LogP contribution in [0, 0.1) is 5.82 Å². The van der Waals surface area contributed by atoms with Crippen molar-refractivity contribution in [3.63, 3.8) is 0 Å². The van der Waals surface area contributed by atoms with E-state index in [0.29, 0.717) is 35.8 Å². The molecule has 1 amide bonds. The van der Waals surface area contributed by atoms with Crippen LogP contribution in [0.2, 0.25) is 0 Å². The number of rotatable bonds is 5. The number of nitrogens with zero attached hydrogens (tertiary/aromatic N) is 3. The minimum atomic E-state index is -1.74. The molecule has 148 valence electrons. The average Bonchev–Trinajstić information content (AvgIpc) is 3.11. The summed E-state index contributed by atoms with van der Waals surface area (Å²) < 4.78 is 20.5. The van der Waals surface area contributed by atoms with Gasteiger partial charge in [0.1, 0.15) is 23.9 Å². The van der Waals surface area contributed by atoms with Crippen molar-refractivity contribution >= 4 is 18.5 Å². The molecule has 7 nitrogen and oxygen atoms in total. The minimum Gasteiger partial charge on any atom is -0.487 e. The first-order chi connectivity index (χ1) is 14.0. The van der Waals surface area contributed by atoms with Gasteiger partial charge in [-0.3, -0.25) is 9.48 Å². The molecule has 4 rings (SSSR count). The zero-order valence-electron chi connectivity index (χ0n) is 15.5. The van der Waals surface area contributed by atoms with E-state index in [4.69, 9.17) is 4.74 Å². The van der Waals surface area contributed by atoms with Gasteiger partial charge in [-0.05, 0) is 36.4 Å². The molecule has 0 atom stereocenters. The maximum atomic E-state index is 13.1. The van der Waals surface area contributed by atoms with Crippen molar-refractivity contribution in [2.24, 2.45) is 0 Å². The first-order valence-electron chi connectivity index (χ1n) is 9.20. The van der Waals surface area contributed by atoms with Gasteiger partial charge in [0, 0.05) is 17.6 Å². The number of amides is 1. The van der Waals surface area contributed by atoms with Crippen LogP contribution in [-0.4, -0.2) is 44.3 Å². The minimum absolute atomic E-state index is 0.0723. The van der Waals surface area contributed by atoms with Gasteiger partial charge in [0.05, 0.1) is 18.8 Å². The van der Waals surface area contributed by atoms with E-state index in [9.17, 15) is 19.2 Å². The normalized spacial score (nSPS) is 13.1. The Balaban J connectivity index is 1.56. The van der Waals surface area contributed by atoms with Gasteiger partial charge in [0.15, 0.2) is 0 Å². The number of carbonyl (C=O) groups excluding carboxylic acids is 1. The van der Waals surface area contributed by atoms with Crippen LogP contribution in [0.4, 0.5) is 4.39 Å². The van der Waals surface area contributed by atoms with E-state index < -0.39 is 12.9 Å². The van der Waals surface area contributed by atoms with E-state index in [0.717, 1.165) is 0 Å². The van der Waals surface area contributed by atoms with Crippen molar-refractivity contribution in [3.8, 4) is 5.75 Å². The van der Waals surface area contributed by atoms with Crippen LogP contribution in [0.25, 0.3) is 0 Å². The highest BCUT2D eigenvalue weighted by atomic mass is 19.1. The molecule has 2 heterocycles. The first kappa shape index (κ1) is 19.2. The largest absolute Gasteiger partial charge is 0.492 e. The standard InChI is InChI=1S/C20H19BFN3O4/c22-15-8-6-14(7-9-15)20(26)24-10-11-25-18(12-24)19(21(27)28)17(23-25)13-29-16-4-2-1-3-5-16/h1-9,27-28H,10-13H2. The average molecular weight is 395 g/mol. The summed E-state index contributed by atoms with van der Waals surface area (Å²) in [5.41, 5.74) is 1.58. The van der Waals surface area contributed by atoms with Crippen molar-refractivity contribution in [2.45, 2.75) is 19.7 Å². The Bertz CT molecular complexity index is 1010. The molecule has 2 aromatic carbocycles. The van der Waals surface area contributed by atoms with Gasteiger partial charge in [-0.15, -0.1) is 0 Å². The summed E-state index contributed by atoms with van der Waals surface area (Å²) in [6.07, 6.45) is 0. The molecule has 0 fully saturated rings. The highest BCUT2D eigenvalue weighted by Gasteiger charge is 2.32. The lowest BCUT2D eigenvalue weighted by Gasteiger charge is -2.28. The molecule has 0 aliphatic carbocycles. The monoisotopic (exact) mass is 395 g/mol. The van der Waals surface area contributed by atoms with Crippen LogP contribution >= 0.6 is 0 Å². The lowest BCUT2D eigenvalue weighted by Crippen LogP contribution is -2.43. The fraction of sp³-hybridized carbons (Fsp3) is 0.200. The Kier molecular flexibility index (Phi) is 5.33. The van der Waals surface area contributed by atoms with Crippen LogP contribution in [0.1, 0.15) is 21.7 Å². The van der Waals surface area contributed by atoms with Crippen molar-refractivity contribution < 1.29 is 24.0 Å². The quantitative estimate of drug-likeness (QED) is 0.628. The van der Waals surface area contributed by atoms with Crippen molar-refractivity contribution in [1.82, 2.24) is 14.7 Å². The van der Waals surface area contributed by atoms with E-state index in [1.54, 1.807) is 21.7 Å². The number of hydrogen-bond acceptors (Lipinski definition) is 5. The summed E-state index contributed by atoms with van der Waals surface area (Å²) in [5.74, 6) is -0.0186. The van der Waals surface area contributed by atoms with Gasteiger partial charge in [0.2, 0.25) is 0 Å². The molecule has 1 aliphatic rings. The third-order valence-corrected chi connectivity index (χ3v) is 4.85. The van der Waals surface area contributed by atoms with E-state index in [-0.39, 0.29) is 24.5 Å². The Hall–Kier alpha value is -3.17. The maximum Gasteiger partial charge on any atom is 0.492 e. The number of benzene rings is 2. The predicted octanol–water partition coefficient (Wildman–Crippen LogP) is 0.937. The van der Waals surface area contributed by atoms with E-state index >= 15 is 0 Å². The van der Waals surface area contributed by atoms with Crippen LogP contribution in [0.3, 0.4) is 0 Å². The van der Waals surface area contributed by atoms with Gasteiger partial charge in [-0.2, -0.15) is 5.10 Å². The zero-order valence-corrected chi connectivity index (χ0v) is 15.5. The molecule has 1 aromatic heterocycles. The smallest absolute Gasteiger partial charge is 0.487 e. The topological polar surface area (TPSA) is 87.8 Å². The van der Waals surface area contributed by atoms with E-state index in [1.165, 1.54) is 24.3 Å². The van der Waals surface area contributed by atoms with E-state index in [1.807, 2.05) is 18.2 Å². The molecule has 0 unspecified atom stereocenters. The molecule has 9 heteroatoms. The van der Waals surface area contributed by atoms with Gasteiger partial charge in [-0.1, -0.05) is 18.2 Å². The SMILES string of the molecule is O=C(c1ccc(F)cc1)N1CCn2nc(COc3ccccc3)c(B(O)O)c2C1. The number of aromatic nitrogens is 2. The lowest BCUT2D eigenvalue weighted by atomic mass is 9.77. The maximum absolute atomic E-state index is 13.1. The molecule has 3 aromatic rings. The number of hydrogen-bond donors (Lipinski definition) is 2. The highest BCUT2D eigenvalue weighted by molar-refractivity contribution is 6.59. The van der Waals surface area contributed by atoms with Crippen molar-refractivity contribution in [1.29, 1.82) is 0 Å². The number of halogens is 1. The Morgan fingerprint density at radius 3 is 2.52 bits per heavy atom. The molecular weight excluding hydrogens is 376 g/mol. The van der Waals surface area contributed by atoms with E-state index in [2.05, 4.69) is 5.10 Å². The molecule has 0 bridgehead atoms. The molecule has 29 heavy (non-hydrogen) atoms. The third-order valence-electron chi connectivity index (χ3n) is 4.85. The summed E-state index contributed by atoms with van der Waals surface area (Å²) in [7, 11) is -1.74. The molecule has 0 spiro atoms. The second kappa shape index (κ2) is 8.06. The molecule has 2 N–H and O–H groups in total. The molecule has 0 saturated heterocycles. The third kappa shape index (κ3) is 4.01. The summed E-state index contributed by atoms with van der Waals surface area (Å²) >= 11 is 0. The number of ether oxygens (including phenoxy) is 1.